The highest BCUT2D eigenvalue weighted by atomic mass is 17.1. The standard InChI is InChI=1S/C6H7N4O5/c1-10-5(13)8-2-6(10,15-14)3(11)9-4(12)7-2/h5,13H,1H3,(H2,7,8,9,11,12). The van der Waals surface area contributed by atoms with Gasteiger partial charge in [0.15, 0.2) is 5.84 Å². The van der Waals surface area contributed by atoms with Crippen molar-refractivity contribution >= 4 is 17.8 Å². The summed E-state index contributed by atoms with van der Waals surface area (Å²) in [6.07, 6.45) is -1.42. The van der Waals surface area contributed by atoms with Crippen molar-refractivity contribution in [1.29, 1.82) is 0 Å². The molecule has 2 rings (SSSR count). The molecule has 0 aromatic heterocycles. The zero-order valence-corrected chi connectivity index (χ0v) is 7.55. The topological polar surface area (TPSA) is 123 Å². The molecule has 2 aliphatic rings. The van der Waals surface area contributed by atoms with Gasteiger partial charge in [-0.15, -0.1) is 0 Å². The number of fused-ring (bicyclic) bond motifs is 1. The highest BCUT2D eigenvalue weighted by Crippen LogP contribution is 2.27. The van der Waals surface area contributed by atoms with Crippen molar-refractivity contribution in [3.05, 3.63) is 0 Å². The number of hydrogen-bond donors (Lipinski definition) is 3. The van der Waals surface area contributed by atoms with Crippen LogP contribution in [-0.2, 0) is 14.9 Å². The SMILES string of the molecule is CN1C(O)N=C2NC(=O)NC(=O)C21O[O]. The molecular weight excluding hydrogens is 208 g/mol. The second-order valence-corrected chi connectivity index (χ2v) is 3.07. The van der Waals surface area contributed by atoms with Crippen molar-refractivity contribution < 1.29 is 24.8 Å². The van der Waals surface area contributed by atoms with Crippen LogP contribution in [0.2, 0.25) is 0 Å². The number of aliphatic imine (C=N–C) groups is 1. The summed E-state index contributed by atoms with van der Waals surface area (Å²) >= 11 is 0. The number of amides is 3. The number of carbonyl (C=O) groups excluding carboxylic acids is 2. The lowest BCUT2D eigenvalue weighted by Crippen LogP contribution is -2.71. The molecule has 2 atom stereocenters. The molecule has 0 saturated carbocycles. The lowest BCUT2D eigenvalue weighted by molar-refractivity contribution is -0.375. The number of urea groups is 1. The third-order valence-electron chi connectivity index (χ3n) is 2.30. The molecular formula is C6H7N4O5. The second kappa shape index (κ2) is 2.97. The molecule has 3 amide bonds. The van der Waals surface area contributed by atoms with Crippen molar-refractivity contribution in [2.45, 2.75) is 12.1 Å². The van der Waals surface area contributed by atoms with Gasteiger partial charge in [-0.3, -0.25) is 15.4 Å². The zero-order valence-electron chi connectivity index (χ0n) is 7.55. The van der Waals surface area contributed by atoms with E-state index in [0.29, 0.717) is 0 Å². The molecule has 81 valence electrons. The Labute approximate surface area is 83.3 Å². The molecule has 15 heavy (non-hydrogen) atoms. The van der Waals surface area contributed by atoms with Gasteiger partial charge in [0.1, 0.15) is 0 Å². The molecule has 0 bridgehead atoms. The third kappa shape index (κ3) is 1.08. The Morgan fingerprint density at radius 1 is 1.53 bits per heavy atom. The summed E-state index contributed by atoms with van der Waals surface area (Å²) in [5.41, 5.74) is -2.10. The van der Waals surface area contributed by atoms with E-state index in [2.05, 4.69) is 15.2 Å². The van der Waals surface area contributed by atoms with Crippen molar-refractivity contribution in [1.82, 2.24) is 15.5 Å². The maximum absolute atomic E-state index is 11.5. The van der Waals surface area contributed by atoms with Crippen LogP contribution in [-0.4, -0.2) is 46.9 Å². The number of likely N-dealkylation sites (N-methyl/N-ethyl adjacent to an activating group) is 1. The highest BCUT2D eigenvalue weighted by molar-refractivity contribution is 6.23. The molecule has 1 radical (unpaired) electrons. The number of amidine groups is 1. The summed E-state index contributed by atoms with van der Waals surface area (Å²) in [5, 5.41) is 23.9. The van der Waals surface area contributed by atoms with Gasteiger partial charge in [-0.25, -0.2) is 14.7 Å². The summed E-state index contributed by atoms with van der Waals surface area (Å²) < 4.78 is 0. The summed E-state index contributed by atoms with van der Waals surface area (Å²) in [5.74, 6) is -1.31. The summed E-state index contributed by atoms with van der Waals surface area (Å²) in [6.45, 7) is 0. The Kier molecular flexibility index (Phi) is 1.98. The van der Waals surface area contributed by atoms with E-state index < -0.39 is 24.0 Å². The van der Waals surface area contributed by atoms with Gasteiger partial charge in [0.2, 0.25) is 6.35 Å². The molecule has 9 heteroatoms. The third-order valence-corrected chi connectivity index (χ3v) is 2.30. The molecule has 0 aliphatic carbocycles. The van der Waals surface area contributed by atoms with Crippen molar-refractivity contribution in [3.8, 4) is 0 Å². The molecule has 0 aromatic rings. The average molecular weight is 215 g/mol. The lowest BCUT2D eigenvalue weighted by Gasteiger charge is -2.33. The van der Waals surface area contributed by atoms with Crippen LogP contribution in [0.3, 0.4) is 0 Å². The molecule has 0 aromatic carbocycles. The van der Waals surface area contributed by atoms with E-state index in [0.717, 1.165) is 4.90 Å². The molecule has 1 fully saturated rings. The first-order valence-electron chi connectivity index (χ1n) is 3.95. The van der Waals surface area contributed by atoms with E-state index in [1.807, 2.05) is 5.32 Å². The Balaban J connectivity index is 2.48. The number of aliphatic hydroxyl groups excluding tert-OH is 1. The fourth-order valence-corrected chi connectivity index (χ4v) is 1.47. The Morgan fingerprint density at radius 2 is 2.20 bits per heavy atom. The number of imide groups is 1. The Bertz CT molecular complexity index is 369. The van der Waals surface area contributed by atoms with E-state index >= 15 is 0 Å². The number of rotatable bonds is 1. The second-order valence-electron chi connectivity index (χ2n) is 3.07. The van der Waals surface area contributed by atoms with Crippen molar-refractivity contribution in [2.75, 3.05) is 7.05 Å². The molecule has 2 unspecified atom stereocenters. The van der Waals surface area contributed by atoms with E-state index in [1.54, 1.807) is 0 Å². The molecule has 2 aliphatic heterocycles. The minimum atomic E-state index is -2.10. The van der Waals surface area contributed by atoms with E-state index in [9.17, 15) is 20.0 Å². The minimum absolute atomic E-state index is 0.318. The Hall–Kier alpha value is -1.55. The van der Waals surface area contributed by atoms with Gasteiger partial charge in [0.25, 0.3) is 11.6 Å². The van der Waals surface area contributed by atoms with Gasteiger partial charge in [-0.2, -0.15) is 4.89 Å². The van der Waals surface area contributed by atoms with Crippen LogP contribution in [0.1, 0.15) is 0 Å². The molecule has 0 spiro atoms. The van der Waals surface area contributed by atoms with Gasteiger partial charge in [0, 0.05) is 0 Å². The van der Waals surface area contributed by atoms with E-state index in [4.69, 9.17) is 0 Å². The largest absolute Gasteiger partial charge is 0.359 e. The fourth-order valence-electron chi connectivity index (χ4n) is 1.47. The van der Waals surface area contributed by atoms with Crippen LogP contribution in [0, 0.1) is 0 Å². The van der Waals surface area contributed by atoms with Crippen molar-refractivity contribution in [2.24, 2.45) is 4.99 Å². The number of nitrogens with one attached hydrogen (secondary N) is 2. The first kappa shape index (κ1) is 9.98. The minimum Gasteiger partial charge on any atom is -0.359 e. The lowest BCUT2D eigenvalue weighted by atomic mass is 10.1. The van der Waals surface area contributed by atoms with Crippen LogP contribution in [0.4, 0.5) is 4.79 Å². The predicted octanol–water partition coefficient (Wildman–Crippen LogP) is -2.50. The molecule has 3 N–H and O–H groups in total. The molecule has 2 heterocycles. The molecule has 1 saturated heterocycles. The average Bonchev–Trinajstić information content (AvgIpc) is 2.40. The van der Waals surface area contributed by atoms with E-state index in [1.165, 1.54) is 7.05 Å². The summed E-state index contributed by atoms with van der Waals surface area (Å²) in [6, 6.07) is -0.825. The Morgan fingerprint density at radius 3 is 2.80 bits per heavy atom. The number of hydrogen-bond acceptors (Lipinski definition) is 6. The normalized spacial score (nSPS) is 35.7. The van der Waals surface area contributed by atoms with Gasteiger partial charge >= 0.3 is 6.03 Å². The summed E-state index contributed by atoms with van der Waals surface area (Å²) in [4.78, 5) is 30.6. The van der Waals surface area contributed by atoms with Crippen LogP contribution < -0.4 is 10.6 Å². The van der Waals surface area contributed by atoms with Crippen LogP contribution in [0.25, 0.3) is 0 Å². The van der Waals surface area contributed by atoms with Gasteiger partial charge < -0.3 is 5.11 Å². The summed E-state index contributed by atoms with van der Waals surface area (Å²) in [7, 11) is 1.26. The maximum Gasteiger partial charge on any atom is 0.327 e. The van der Waals surface area contributed by atoms with Crippen molar-refractivity contribution in [3.63, 3.8) is 0 Å². The van der Waals surface area contributed by atoms with Crippen LogP contribution in [0.15, 0.2) is 4.99 Å². The van der Waals surface area contributed by atoms with Crippen LogP contribution >= 0.6 is 0 Å². The maximum atomic E-state index is 11.5. The molecule has 9 nitrogen and oxygen atoms in total. The first-order chi connectivity index (χ1) is 7.02. The van der Waals surface area contributed by atoms with E-state index in [-0.39, 0.29) is 5.84 Å². The number of nitrogens with zero attached hydrogens (tertiary/aromatic N) is 2. The smallest absolute Gasteiger partial charge is 0.327 e. The number of carbonyl (C=O) groups is 2. The zero-order chi connectivity index (χ0) is 11.2. The highest BCUT2D eigenvalue weighted by Gasteiger charge is 2.60. The van der Waals surface area contributed by atoms with Gasteiger partial charge in [-0.05, 0) is 12.3 Å². The first-order valence-corrected chi connectivity index (χ1v) is 3.95. The van der Waals surface area contributed by atoms with Crippen LogP contribution in [0.5, 0.6) is 0 Å². The van der Waals surface area contributed by atoms with Gasteiger partial charge in [0.05, 0.1) is 0 Å². The predicted molar refractivity (Wildman–Crippen MR) is 42.4 cm³/mol. The quantitative estimate of drug-likeness (QED) is 0.329. The fraction of sp³-hybridized carbons (Fsp3) is 0.500. The number of aliphatic hydroxyl groups is 1. The monoisotopic (exact) mass is 215 g/mol. The van der Waals surface area contributed by atoms with Gasteiger partial charge in [-0.1, -0.05) is 0 Å².